The molecule has 1 aromatic rings. The summed E-state index contributed by atoms with van der Waals surface area (Å²) in [5.41, 5.74) is 0. The second-order valence-electron chi connectivity index (χ2n) is 4.17. The van der Waals surface area contributed by atoms with Crippen LogP contribution in [-0.2, 0) is 14.3 Å². The van der Waals surface area contributed by atoms with Crippen molar-refractivity contribution in [2.24, 2.45) is 0 Å². The first kappa shape index (κ1) is 17.8. The van der Waals surface area contributed by atoms with E-state index >= 15 is 0 Å². The summed E-state index contributed by atoms with van der Waals surface area (Å²) >= 11 is 4.92. The molecule has 21 heavy (non-hydrogen) atoms. The number of carbonyl (C=O) groups is 2. The van der Waals surface area contributed by atoms with Crippen LogP contribution in [0.4, 0.5) is 0 Å². The average molecular weight is 376 g/mol. The number of hydrogen-bond acceptors (Lipinski definition) is 5. The lowest BCUT2D eigenvalue weighted by molar-refractivity contribution is -0.145. The van der Waals surface area contributed by atoms with Crippen molar-refractivity contribution < 1.29 is 19.1 Å². The van der Waals surface area contributed by atoms with Gasteiger partial charge in [-0.2, -0.15) is 11.8 Å². The zero-order valence-electron chi connectivity index (χ0n) is 11.9. The Hall–Kier alpha value is -1.21. The van der Waals surface area contributed by atoms with Crippen molar-refractivity contribution in [2.75, 3.05) is 25.7 Å². The molecule has 7 heteroatoms. The first-order valence-corrected chi connectivity index (χ1v) is 8.50. The molecule has 0 unspecified atom stereocenters. The lowest BCUT2D eigenvalue weighted by Gasteiger charge is -2.16. The summed E-state index contributed by atoms with van der Waals surface area (Å²) in [4.78, 5) is 23.4. The van der Waals surface area contributed by atoms with Gasteiger partial charge >= 0.3 is 5.97 Å². The fraction of sp³-hybridized carbons (Fsp3) is 0.429. The minimum absolute atomic E-state index is 0.144. The van der Waals surface area contributed by atoms with Crippen molar-refractivity contribution in [1.82, 2.24) is 5.32 Å². The van der Waals surface area contributed by atoms with E-state index in [0.717, 1.165) is 10.2 Å². The van der Waals surface area contributed by atoms with E-state index in [2.05, 4.69) is 26.0 Å². The Morgan fingerprint density at radius 2 is 2.00 bits per heavy atom. The number of amides is 1. The number of thioether (sulfide) groups is 1. The van der Waals surface area contributed by atoms with Crippen LogP contribution in [0.3, 0.4) is 0 Å². The zero-order valence-corrected chi connectivity index (χ0v) is 14.3. The molecule has 5 nitrogen and oxygen atoms in total. The van der Waals surface area contributed by atoms with Crippen LogP contribution in [0, 0.1) is 0 Å². The van der Waals surface area contributed by atoms with Crippen LogP contribution in [0.1, 0.15) is 6.42 Å². The minimum Gasteiger partial charge on any atom is -0.484 e. The molecule has 0 aromatic heterocycles. The summed E-state index contributed by atoms with van der Waals surface area (Å²) in [5, 5.41) is 2.62. The smallest absolute Gasteiger partial charge is 0.328 e. The molecular formula is C14H18BrNO4S. The third kappa shape index (κ3) is 6.86. The van der Waals surface area contributed by atoms with Crippen molar-refractivity contribution in [3.05, 3.63) is 28.7 Å². The number of nitrogens with one attached hydrogen (secondary N) is 1. The van der Waals surface area contributed by atoms with Crippen molar-refractivity contribution >= 4 is 39.6 Å². The van der Waals surface area contributed by atoms with Crippen LogP contribution in [0.25, 0.3) is 0 Å². The van der Waals surface area contributed by atoms with Gasteiger partial charge in [0.1, 0.15) is 11.8 Å². The maximum atomic E-state index is 11.8. The Bertz CT molecular complexity index is 467. The molecule has 0 fully saturated rings. The molecule has 0 spiro atoms. The van der Waals surface area contributed by atoms with Gasteiger partial charge in [0.25, 0.3) is 5.91 Å². The average Bonchev–Trinajstić information content (AvgIpc) is 2.50. The second-order valence-corrected chi connectivity index (χ2v) is 6.07. The van der Waals surface area contributed by atoms with E-state index in [-0.39, 0.29) is 12.5 Å². The van der Waals surface area contributed by atoms with Crippen LogP contribution in [0.5, 0.6) is 5.75 Å². The van der Waals surface area contributed by atoms with Crippen molar-refractivity contribution in [2.45, 2.75) is 12.5 Å². The molecule has 1 N–H and O–H groups in total. The molecule has 1 rings (SSSR count). The molecular weight excluding hydrogens is 358 g/mol. The molecule has 0 saturated heterocycles. The Morgan fingerprint density at radius 1 is 1.33 bits per heavy atom. The minimum atomic E-state index is -0.636. The summed E-state index contributed by atoms with van der Waals surface area (Å²) in [6, 6.07) is 6.51. The van der Waals surface area contributed by atoms with E-state index in [4.69, 9.17) is 4.74 Å². The molecule has 1 amide bonds. The van der Waals surface area contributed by atoms with Gasteiger partial charge in [-0.05, 0) is 42.7 Å². The van der Waals surface area contributed by atoms with E-state index in [1.807, 2.05) is 18.4 Å². The van der Waals surface area contributed by atoms with Gasteiger partial charge in [-0.25, -0.2) is 4.79 Å². The van der Waals surface area contributed by atoms with Gasteiger partial charge in [-0.15, -0.1) is 0 Å². The molecule has 116 valence electrons. The van der Waals surface area contributed by atoms with Crippen LogP contribution >= 0.6 is 27.7 Å². The number of esters is 1. The predicted octanol–water partition coefficient (Wildman–Crippen LogP) is 2.24. The Morgan fingerprint density at radius 3 is 2.57 bits per heavy atom. The summed E-state index contributed by atoms with van der Waals surface area (Å²) < 4.78 is 11.0. The van der Waals surface area contributed by atoms with Gasteiger partial charge in [-0.1, -0.05) is 15.9 Å². The van der Waals surface area contributed by atoms with Crippen LogP contribution in [0.2, 0.25) is 0 Å². The van der Waals surface area contributed by atoms with Crippen LogP contribution < -0.4 is 10.1 Å². The van der Waals surface area contributed by atoms with E-state index < -0.39 is 12.0 Å². The number of methoxy groups -OCH3 is 1. The van der Waals surface area contributed by atoms with Gasteiger partial charge in [0.05, 0.1) is 7.11 Å². The van der Waals surface area contributed by atoms with Crippen LogP contribution in [-0.4, -0.2) is 43.6 Å². The van der Waals surface area contributed by atoms with Crippen molar-refractivity contribution in [1.29, 1.82) is 0 Å². The largest absolute Gasteiger partial charge is 0.484 e. The van der Waals surface area contributed by atoms with Crippen molar-refractivity contribution in [3.63, 3.8) is 0 Å². The maximum Gasteiger partial charge on any atom is 0.328 e. The molecule has 0 heterocycles. The summed E-state index contributed by atoms with van der Waals surface area (Å²) in [6.45, 7) is -0.144. The van der Waals surface area contributed by atoms with Crippen LogP contribution in [0.15, 0.2) is 28.7 Å². The molecule has 0 aliphatic carbocycles. The molecule has 0 saturated carbocycles. The number of carbonyl (C=O) groups excluding carboxylic acids is 2. The second kappa shape index (κ2) is 9.68. The van der Waals surface area contributed by atoms with Gasteiger partial charge in [0.15, 0.2) is 6.61 Å². The first-order chi connectivity index (χ1) is 10.1. The van der Waals surface area contributed by atoms with E-state index in [1.165, 1.54) is 7.11 Å². The lowest BCUT2D eigenvalue weighted by Crippen LogP contribution is -2.43. The fourth-order valence-corrected chi connectivity index (χ4v) is 2.28. The highest BCUT2D eigenvalue weighted by molar-refractivity contribution is 9.10. The quantitative estimate of drug-likeness (QED) is 0.705. The Labute approximate surface area is 136 Å². The number of hydrogen-bond donors (Lipinski definition) is 1. The standard InChI is InChI=1S/C14H18BrNO4S/c1-19-14(18)12(7-8-21-2)16-13(17)9-20-11-5-3-10(15)4-6-11/h3-6,12H,7-9H2,1-2H3,(H,16,17)/t12-/m0/s1. The van der Waals surface area contributed by atoms with Gasteiger partial charge in [0, 0.05) is 4.47 Å². The van der Waals surface area contributed by atoms with E-state index in [1.54, 1.807) is 23.9 Å². The first-order valence-electron chi connectivity index (χ1n) is 6.31. The highest BCUT2D eigenvalue weighted by atomic mass is 79.9. The highest BCUT2D eigenvalue weighted by Crippen LogP contribution is 2.15. The summed E-state index contributed by atoms with van der Waals surface area (Å²) in [5.74, 6) is 0.552. The third-order valence-corrected chi connectivity index (χ3v) is 3.79. The fourth-order valence-electron chi connectivity index (χ4n) is 1.54. The maximum absolute atomic E-state index is 11.8. The van der Waals surface area contributed by atoms with Gasteiger partial charge in [-0.3, -0.25) is 4.79 Å². The lowest BCUT2D eigenvalue weighted by atomic mass is 10.2. The monoisotopic (exact) mass is 375 g/mol. The topological polar surface area (TPSA) is 64.6 Å². The molecule has 0 bridgehead atoms. The number of halogens is 1. The molecule has 0 radical (unpaired) electrons. The molecule has 1 aromatic carbocycles. The molecule has 0 aliphatic rings. The Kier molecular flexibility index (Phi) is 8.22. The number of rotatable bonds is 8. The van der Waals surface area contributed by atoms with Crippen molar-refractivity contribution in [3.8, 4) is 5.75 Å². The van der Waals surface area contributed by atoms with E-state index in [9.17, 15) is 9.59 Å². The van der Waals surface area contributed by atoms with E-state index in [0.29, 0.717) is 12.2 Å². The number of ether oxygens (including phenoxy) is 2. The normalized spacial score (nSPS) is 11.6. The van der Waals surface area contributed by atoms with Gasteiger partial charge in [0.2, 0.25) is 0 Å². The Balaban J connectivity index is 2.45. The predicted molar refractivity (Wildman–Crippen MR) is 86.6 cm³/mol. The summed E-state index contributed by atoms with van der Waals surface area (Å²) in [7, 11) is 1.30. The summed E-state index contributed by atoms with van der Waals surface area (Å²) in [6.07, 6.45) is 2.46. The molecule has 0 aliphatic heterocycles. The number of benzene rings is 1. The SMILES string of the molecule is COC(=O)[C@H](CCSC)NC(=O)COc1ccc(Br)cc1. The third-order valence-electron chi connectivity index (χ3n) is 2.62. The van der Waals surface area contributed by atoms with Gasteiger partial charge < -0.3 is 14.8 Å². The highest BCUT2D eigenvalue weighted by Gasteiger charge is 2.21. The molecule has 1 atom stereocenters. The zero-order chi connectivity index (χ0) is 15.7.